The predicted octanol–water partition coefficient (Wildman–Crippen LogP) is 4.11. The van der Waals surface area contributed by atoms with E-state index in [1.54, 1.807) is 0 Å². The van der Waals surface area contributed by atoms with Crippen molar-refractivity contribution in [2.24, 2.45) is 35.0 Å². The molecule has 2 saturated carbocycles. The highest BCUT2D eigenvalue weighted by Gasteiger charge is 2.49. The lowest BCUT2D eigenvalue weighted by Gasteiger charge is -2.31. The summed E-state index contributed by atoms with van der Waals surface area (Å²) in [5.74, 6) is 5.02. The van der Waals surface area contributed by atoms with E-state index in [-0.39, 0.29) is 0 Å². The molecule has 0 aromatic rings. The molecule has 2 heterocycles. The van der Waals surface area contributed by atoms with Crippen molar-refractivity contribution in [3.63, 3.8) is 0 Å². The first-order chi connectivity index (χ1) is 10.8. The third-order valence-corrected chi connectivity index (χ3v) is 8.01. The van der Waals surface area contributed by atoms with Crippen LogP contribution >= 0.6 is 0 Å². The average Bonchev–Trinajstić information content (AvgIpc) is 3.13. The third-order valence-electron chi connectivity index (χ3n) is 8.01. The molecule has 4 unspecified atom stereocenters. The van der Waals surface area contributed by atoms with Gasteiger partial charge in [-0.25, -0.2) is 0 Å². The van der Waals surface area contributed by atoms with Crippen LogP contribution in [-0.2, 0) is 0 Å². The fourth-order valence-corrected chi connectivity index (χ4v) is 6.37. The average molecular weight is 319 g/mol. The van der Waals surface area contributed by atoms with Crippen molar-refractivity contribution >= 4 is 0 Å². The number of fused-ring (bicyclic) bond motifs is 2. The minimum atomic E-state index is 0.528. The normalized spacial score (nSPS) is 45.1. The minimum absolute atomic E-state index is 0.528. The summed E-state index contributed by atoms with van der Waals surface area (Å²) in [6.45, 7) is 17.7. The van der Waals surface area contributed by atoms with Crippen LogP contribution in [0.1, 0.15) is 60.3 Å². The van der Waals surface area contributed by atoms with Gasteiger partial charge in [0.15, 0.2) is 0 Å². The van der Waals surface area contributed by atoms with Crippen LogP contribution in [-0.4, -0.2) is 48.1 Å². The maximum atomic E-state index is 2.92. The first kappa shape index (κ1) is 16.4. The molecule has 4 atom stereocenters. The van der Waals surface area contributed by atoms with Gasteiger partial charge in [0.2, 0.25) is 0 Å². The molecule has 2 heteroatoms. The van der Waals surface area contributed by atoms with Gasteiger partial charge in [0, 0.05) is 38.3 Å². The molecule has 2 aliphatic heterocycles. The largest absolute Gasteiger partial charge is 0.300 e. The van der Waals surface area contributed by atoms with Crippen molar-refractivity contribution < 1.29 is 0 Å². The summed E-state index contributed by atoms with van der Waals surface area (Å²) < 4.78 is 0. The second-order valence-corrected chi connectivity index (χ2v) is 10.7. The lowest BCUT2D eigenvalue weighted by molar-refractivity contribution is 0.173. The summed E-state index contributed by atoms with van der Waals surface area (Å²) in [6.07, 6.45) is 6.00. The monoisotopic (exact) mass is 318 g/mol. The van der Waals surface area contributed by atoms with Gasteiger partial charge in [-0.3, -0.25) is 4.90 Å². The van der Waals surface area contributed by atoms with Crippen LogP contribution in [0.4, 0.5) is 0 Å². The Hall–Kier alpha value is -0.0800. The smallest absolute Gasteiger partial charge is 0.0102 e. The van der Waals surface area contributed by atoms with E-state index in [9.17, 15) is 0 Å². The number of likely N-dealkylation sites (tertiary alicyclic amines) is 2. The summed E-state index contributed by atoms with van der Waals surface area (Å²) in [7, 11) is 0. The Labute approximate surface area is 144 Å². The number of rotatable bonds is 2. The molecule has 0 bridgehead atoms. The lowest BCUT2D eigenvalue weighted by Crippen LogP contribution is -2.36. The number of hydrogen-bond acceptors (Lipinski definition) is 2. The molecule has 4 aliphatic rings. The van der Waals surface area contributed by atoms with E-state index in [4.69, 9.17) is 0 Å². The fourth-order valence-electron chi connectivity index (χ4n) is 6.37. The molecule has 0 amide bonds. The Kier molecular flexibility index (Phi) is 4.08. The number of hydrogen-bond donors (Lipinski definition) is 0. The Morgan fingerprint density at radius 2 is 1.22 bits per heavy atom. The van der Waals surface area contributed by atoms with Crippen molar-refractivity contribution in [2.45, 2.75) is 72.4 Å². The molecule has 132 valence electrons. The molecular formula is C21H38N2. The van der Waals surface area contributed by atoms with Gasteiger partial charge in [-0.05, 0) is 74.5 Å². The zero-order chi connectivity index (χ0) is 16.4. The maximum absolute atomic E-state index is 2.92. The predicted molar refractivity (Wildman–Crippen MR) is 97.4 cm³/mol. The molecule has 4 fully saturated rings. The van der Waals surface area contributed by atoms with Crippen LogP contribution in [0.15, 0.2) is 0 Å². The lowest BCUT2D eigenvalue weighted by atomic mass is 9.79. The molecule has 2 nitrogen and oxygen atoms in total. The summed E-state index contributed by atoms with van der Waals surface area (Å²) in [6, 6.07) is 1.68. The van der Waals surface area contributed by atoms with Crippen LogP contribution in [0.2, 0.25) is 0 Å². The molecule has 0 N–H and O–H groups in total. The molecule has 2 saturated heterocycles. The quantitative estimate of drug-likeness (QED) is 0.756. The summed E-state index contributed by atoms with van der Waals surface area (Å²) in [5.41, 5.74) is 0.528. The maximum Gasteiger partial charge on any atom is 0.0102 e. The van der Waals surface area contributed by atoms with Gasteiger partial charge in [0.1, 0.15) is 0 Å². The van der Waals surface area contributed by atoms with E-state index in [1.165, 1.54) is 51.9 Å². The van der Waals surface area contributed by atoms with E-state index in [0.717, 1.165) is 41.7 Å². The zero-order valence-corrected chi connectivity index (χ0v) is 16.1. The highest BCUT2D eigenvalue weighted by atomic mass is 15.2. The van der Waals surface area contributed by atoms with Crippen LogP contribution in [0.5, 0.6) is 0 Å². The van der Waals surface area contributed by atoms with Gasteiger partial charge in [0.25, 0.3) is 0 Å². The summed E-state index contributed by atoms with van der Waals surface area (Å²) >= 11 is 0. The minimum Gasteiger partial charge on any atom is -0.300 e. The summed E-state index contributed by atoms with van der Waals surface area (Å²) in [5, 5.41) is 0. The van der Waals surface area contributed by atoms with Crippen LogP contribution in [0.25, 0.3) is 0 Å². The highest BCUT2D eigenvalue weighted by Crippen LogP contribution is 2.50. The zero-order valence-electron chi connectivity index (χ0n) is 16.1. The van der Waals surface area contributed by atoms with Crippen molar-refractivity contribution in [1.82, 2.24) is 9.80 Å². The highest BCUT2D eigenvalue weighted by molar-refractivity contribution is 5.01. The van der Waals surface area contributed by atoms with Crippen molar-refractivity contribution in [1.29, 1.82) is 0 Å². The molecule has 0 radical (unpaired) electrons. The van der Waals surface area contributed by atoms with E-state index in [0.29, 0.717) is 5.41 Å². The van der Waals surface area contributed by atoms with Crippen LogP contribution in [0.3, 0.4) is 0 Å². The summed E-state index contributed by atoms with van der Waals surface area (Å²) in [4.78, 5) is 5.64. The van der Waals surface area contributed by atoms with E-state index in [2.05, 4.69) is 44.4 Å². The van der Waals surface area contributed by atoms with Crippen LogP contribution < -0.4 is 0 Å². The molecule has 23 heavy (non-hydrogen) atoms. The molecule has 0 aromatic carbocycles. The second-order valence-electron chi connectivity index (χ2n) is 10.7. The Morgan fingerprint density at radius 3 is 1.65 bits per heavy atom. The van der Waals surface area contributed by atoms with Crippen molar-refractivity contribution in [3.05, 3.63) is 0 Å². The van der Waals surface area contributed by atoms with Crippen molar-refractivity contribution in [3.8, 4) is 0 Å². The van der Waals surface area contributed by atoms with Gasteiger partial charge in [-0.15, -0.1) is 0 Å². The molecule has 0 aromatic heterocycles. The molecular weight excluding hydrogens is 280 g/mol. The first-order valence-electron chi connectivity index (χ1n) is 10.3. The Bertz CT molecular complexity index is 410. The number of nitrogens with zero attached hydrogens (tertiary/aromatic N) is 2. The van der Waals surface area contributed by atoms with E-state index in [1.807, 2.05) is 0 Å². The Morgan fingerprint density at radius 1 is 0.739 bits per heavy atom. The molecule has 4 rings (SSSR count). The van der Waals surface area contributed by atoms with E-state index < -0.39 is 0 Å². The molecule has 0 spiro atoms. The van der Waals surface area contributed by atoms with Gasteiger partial charge in [-0.1, -0.05) is 20.8 Å². The fraction of sp³-hybridized carbons (Fsp3) is 1.00. The van der Waals surface area contributed by atoms with Gasteiger partial charge >= 0.3 is 0 Å². The van der Waals surface area contributed by atoms with Crippen molar-refractivity contribution in [2.75, 3.05) is 26.2 Å². The molecule has 2 aliphatic carbocycles. The third kappa shape index (κ3) is 2.99. The van der Waals surface area contributed by atoms with E-state index >= 15 is 0 Å². The van der Waals surface area contributed by atoms with Gasteiger partial charge in [0.05, 0.1) is 0 Å². The first-order valence-corrected chi connectivity index (χ1v) is 10.3. The standard InChI is InChI=1S/C21H38N2/c1-14(2)22-10-17-8-20(9-18(17)11-22)23-12-15-6-19(21(3,4)5)7-16(15)13-23/h14-20H,6-13H2,1-5H3. The topological polar surface area (TPSA) is 6.48 Å². The second kappa shape index (κ2) is 5.73. The Balaban J connectivity index is 1.31. The van der Waals surface area contributed by atoms with Crippen LogP contribution in [0, 0.1) is 35.0 Å². The van der Waals surface area contributed by atoms with Gasteiger partial charge < -0.3 is 4.90 Å². The van der Waals surface area contributed by atoms with Gasteiger partial charge in [-0.2, -0.15) is 0 Å². The SMILES string of the molecule is CC(C)N1CC2CC(N3CC4CC(C(C)(C)C)CC4C3)CC2C1.